The Morgan fingerprint density at radius 1 is 0.788 bits per heavy atom. The first kappa shape index (κ1) is 38.8. The van der Waals surface area contributed by atoms with Crippen LogP contribution in [0.15, 0.2) is 90.3 Å². The van der Waals surface area contributed by atoms with Gasteiger partial charge < -0.3 is 20.8 Å². The van der Waals surface area contributed by atoms with Gasteiger partial charge in [0.2, 0.25) is 0 Å². The van der Waals surface area contributed by atoms with Gasteiger partial charge in [-0.2, -0.15) is 10.2 Å². The zero-order chi connectivity index (χ0) is 37.0. The monoisotopic (exact) mass is 755 g/mol. The van der Waals surface area contributed by atoms with Crippen molar-refractivity contribution in [3.05, 3.63) is 118 Å². The van der Waals surface area contributed by atoms with E-state index in [1.165, 1.54) is 24.2 Å². The van der Waals surface area contributed by atoms with Crippen LogP contribution < -0.4 is 10.6 Å². The Hall–Kier alpha value is -4.42. The Kier molecular flexibility index (Phi) is 13.7. The number of aromatic nitrogens is 3. The van der Waals surface area contributed by atoms with E-state index in [1.807, 2.05) is 30.5 Å². The molecular weight excluding hydrogens is 717 g/mol. The van der Waals surface area contributed by atoms with Crippen LogP contribution in [0.5, 0.6) is 0 Å². The number of hydrogen-bond acceptors (Lipinski definition) is 8. The van der Waals surface area contributed by atoms with Crippen LogP contribution in [0.2, 0.25) is 10.0 Å². The molecule has 2 aromatic heterocycles. The molecule has 0 saturated heterocycles. The molecule has 2 aliphatic carbocycles. The van der Waals surface area contributed by atoms with Gasteiger partial charge in [-0.3, -0.25) is 9.59 Å². The van der Waals surface area contributed by atoms with Crippen molar-refractivity contribution in [2.45, 2.75) is 79.7 Å². The summed E-state index contributed by atoms with van der Waals surface area (Å²) in [5.41, 5.74) is 0.306. The van der Waals surface area contributed by atoms with Gasteiger partial charge in [0.1, 0.15) is 16.2 Å². The molecule has 4 N–H and O–H groups in total. The third kappa shape index (κ3) is 11.5. The molecule has 2 fully saturated rings. The second-order valence-electron chi connectivity index (χ2n) is 12.8. The summed E-state index contributed by atoms with van der Waals surface area (Å²) in [4.78, 5) is 29.1. The maximum atomic E-state index is 12.6. The summed E-state index contributed by atoms with van der Waals surface area (Å²) < 4.78 is 0. The Balaban J connectivity index is 0.000000202. The van der Waals surface area contributed by atoms with Gasteiger partial charge in [0.05, 0.1) is 23.5 Å². The summed E-state index contributed by atoms with van der Waals surface area (Å²) in [6, 6.07) is 19.3. The molecule has 0 bridgehead atoms. The fourth-order valence-electron chi connectivity index (χ4n) is 6.17. The molecule has 9 nitrogen and oxygen atoms in total. The third-order valence-corrected chi connectivity index (χ3v) is 9.89. The smallest absolute Gasteiger partial charge is 0.254 e. The first-order chi connectivity index (χ1) is 25.0. The van der Waals surface area contributed by atoms with Gasteiger partial charge in [-0.15, -0.1) is 11.8 Å². The van der Waals surface area contributed by atoms with Crippen molar-refractivity contribution in [2.24, 2.45) is 0 Å². The van der Waals surface area contributed by atoms with E-state index < -0.39 is 11.2 Å². The summed E-state index contributed by atoms with van der Waals surface area (Å²) >= 11 is 13.4. The molecule has 0 unspecified atom stereocenters. The number of hydrogen-bond donors (Lipinski definition) is 4. The van der Waals surface area contributed by atoms with Crippen LogP contribution in [0.25, 0.3) is 0 Å². The van der Waals surface area contributed by atoms with Gasteiger partial charge in [0.15, 0.2) is 0 Å². The van der Waals surface area contributed by atoms with Crippen molar-refractivity contribution < 1.29 is 19.8 Å². The van der Waals surface area contributed by atoms with Gasteiger partial charge in [-0.1, -0.05) is 59.0 Å². The normalized spacial score (nSPS) is 22.2. The zero-order valence-electron chi connectivity index (χ0n) is 28.6. The number of amides is 2. The molecule has 4 aromatic rings. The number of carbonyl (C=O) groups is 2. The van der Waals surface area contributed by atoms with Crippen molar-refractivity contribution >= 4 is 46.8 Å². The number of halogens is 2. The average molecular weight is 757 g/mol. The minimum absolute atomic E-state index is 0.125. The Bertz CT molecular complexity index is 2000. The van der Waals surface area contributed by atoms with Gasteiger partial charge in [0.25, 0.3) is 11.8 Å². The molecule has 2 aromatic carbocycles. The molecule has 0 radical (unpaired) electrons. The lowest BCUT2D eigenvalue weighted by molar-refractivity contribution is 0.0443. The molecule has 4 atom stereocenters. The van der Waals surface area contributed by atoms with Crippen molar-refractivity contribution in [3.63, 3.8) is 0 Å². The van der Waals surface area contributed by atoms with Gasteiger partial charge >= 0.3 is 0 Å². The molecular formula is C40H39Cl2N5O4S. The van der Waals surface area contributed by atoms with Crippen LogP contribution in [0, 0.1) is 23.7 Å². The number of nitrogens with zero attached hydrogens (tertiary/aromatic N) is 3. The second-order valence-corrected chi connectivity index (χ2v) is 14.5. The van der Waals surface area contributed by atoms with E-state index >= 15 is 0 Å². The highest BCUT2D eigenvalue weighted by Crippen LogP contribution is 2.30. The summed E-state index contributed by atoms with van der Waals surface area (Å²) in [6.45, 7) is 0. The van der Waals surface area contributed by atoms with Crippen LogP contribution in [0.4, 0.5) is 0 Å². The first-order valence-electron chi connectivity index (χ1n) is 16.9. The van der Waals surface area contributed by atoms with Crippen LogP contribution in [0.1, 0.15) is 83.2 Å². The highest BCUT2D eigenvalue weighted by molar-refractivity contribution is 7.98. The lowest BCUT2D eigenvalue weighted by Crippen LogP contribution is -2.45. The van der Waals surface area contributed by atoms with Crippen LogP contribution in [-0.2, 0) is 0 Å². The standard InChI is InChI=1S/C21H21ClN2O2S.C19H18ClN3O2/c1-27-20-18(8-4-12-23-20)19(25)24-17-7-3-10-21(26,14-17)11-9-15-5-2-6-16(22)13-15;20-16-4-1-3-14(11-16)6-9-19(25)8-2-5-17(12-19)23-18(24)15-7-10-21-22-13-15/h2,4-6,8,12-13,17,26H,3,7,10,14H2,1H3,(H,24,25);1,3-4,7,10-11,13,17,25H,2,5,8,12H2,(H,23,24)/t17-,21+;17-,19+/m00/s1. The second kappa shape index (κ2) is 18.4. The molecule has 268 valence electrons. The van der Waals surface area contributed by atoms with Gasteiger partial charge in [-0.05, 0) is 99.4 Å². The highest BCUT2D eigenvalue weighted by atomic mass is 35.5. The molecule has 2 saturated carbocycles. The van der Waals surface area contributed by atoms with Crippen molar-refractivity contribution in [1.29, 1.82) is 0 Å². The van der Waals surface area contributed by atoms with E-state index in [-0.39, 0.29) is 23.9 Å². The lowest BCUT2D eigenvalue weighted by atomic mass is 9.82. The molecule has 52 heavy (non-hydrogen) atoms. The Labute approximate surface area is 318 Å². The number of nitrogens with one attached hydrogen (secondary N) is 2. The van der Waals surface area contributed by atoms with Gasteiger partial charge in [-0.25, -0.2) is 4.98 Å². The molecule has 2 heterocycles. The van der Waals surface area contributed by atoms with Crippen LogP contribution in [0.3, 0.4) is 0 Å². The van der Waals surface area contributed by atoms with Crippen molar-refractivity contribution in [3.8, 4) is 23.7 Å². The number of thioether (sulfide) groups is 1. The maximum absolute atomic E-state index is 12.6. The Morgan fingerprint density at radius 2 is 1.37 bits per heavy atom. The fraction of sp³-hybridized carbons (Fsp3) is 0.325. The topological polar surface area (TPSA) is 137 Å². The summed E-state index contributed by atoms with van der Waals surface area (Å²) in [5.74, 6) is 11.6. The van der Waals surface area contributed by atoms with E-state index in [0.29, 0.717) is 51.9 Å². The number of rotatable bonds is 5. The SMILES string of the molecule is CSc1ncccc1C(=O)N[C@H]1CCC[C@@](O)(C#Cc2cccc(Cl)c2)C1.O=C(N[C@H]1CCC[C@@](O)(C#Cc2cccc(Cl)c2)C1)c1ccnnc1. The van der Waals surface area contributed by atoms with E-state index in [1.54, 1.807) is 48.7 Å². The molecule has 0 spiro atoms. The van der Waals surface area contributed by atoms with E-state index in [9.17, 15) is 19.8 Å². The molecule has 0 aliphatic heterocycles. The summed E-state index contributed by atoms with van der Waals surface area (Å²) in [5, 5.41) is 36.9. The minimum atomic E-state index is -1.12. The Morgan fingerprint density at radius 3 is 1.88 bits per heavy atom. The zero-order valence-corrected chi connectivity index (χ0v) is 30.9. The largest absolute Gasteiger partial charge is 0.378 e. The molecule has 6 rings (SSSR count). The number of carbonyl (C=O) groups excluding carboxylic acids is 2. The van der Waals surface area contributed by atoms with E-state index in [2.05, 4.69) is 49.5 Å². The van der Waals surface area contributed by atoms with Gasteiger partial charge in [0, 0.05) is 52.3 Å². The predicted molar refractivity (Wildman–Crippen MR) is 204 cm³/mol. The number of pyridine rings is 1. The third-order valence-electron chi connectivity index (χ3n) is 8.71. The lowest BCUT2D eigenvalue weighted by Gasteiger charge is -2.33. The predicted octanol–water partition coefficient (Wildman–Crippen LogP) is 6.50. The maximum Gasteiger partial charge on any atom is 0.254 e. The number of benzene rings is 2. The van der Waals surface area contributed by atoms with Crippen LogP contribution in [-0.4, -0.2) is 66.8 Å². The fourth-order valence-corrected chi connectivity index (χ4v) is 7.10. The number of aliphatic hydroxyl groups is 2. The van der Waals surface area contributed by atoms with Crippen LogP contribution >= 0.6 is 35.0 Å². The summed E-state index contributed by atoms with van der Waals surface area (Å²) in [6.07, 6.45) is 11.7. The molecule has 2 amide bonds. The quantitative estimate of drug-likeness (QED) is 0.134. The van der Waals surface area contributed by atoms with Crippen molar-refractivity contribution in [1.82, 2.24) is 25.8 Å². The minimum Gasteiger partial charge on any atom is -0.378 e. The van der Waals surface area contributed by atoms with E-state index in [4.69, 9.17) is 23.2 Å². The average Bonchev–Trinajstić information content (AvgIpc) is 3.14. The highest BCUT2D eigenvalue weighted by Gasteiger charge is 2.35. The van der Waals surface area contributed by atoms with Crippen molar-refractivity contribution in [2.75, 3.05) is 6.26 Å². The summed E-state index contributed by atoms with van der Waals surface area (Å²) in [7, 11) is 0. The first-order valence-corrected chi connectivity index (χ1v) is 18.9. The van der Waals surface area contributed by atoms with E-state index in [0.717, 1.165) is 36.8 Å². The molecule has 12 heteroatoms. The molecule has 2 aliphatic rings.